The van der Waals surface area contributed by atoms with Gasteiger partial charge in [-0.2, -0.15) is 0 Å². The number of nitrogens with two attached hydrogens (primary N) is 1. The molecule has 25 heavy (non-hydrogen) atoms. The smallest absolute Gasteiger partial charge is 0.341 e. The number of ether oxygens (including phenoxy) is 1. The zero-order valence-electron chi connectivity index (χ0n) is 15.4. The van der Waals surface area contributed by atoms with Crippen molar-refractivity contribution in [3.63, 3.8) is 0 Å². The molecular formula is C20H28N2O2S. The van der Waals surface area contributed by atoms with Gasteiger partial charge in [0.2, 0.25) is 0 Å². The van der Waals surface area contributed by atoms with Crippen molar-refractivity contribution in [1.29, 1.82) is 0 Å². The molecule has 0 aliphatic rings. The Morgan fingerprint density at radius 3 is 2.32 bits per heavy atom. The first-order valence-electron chi connectivity index (χ1n) is 8.98. The van der Waals surface area contributed by atoms with Crippen molar-refractivity contribution in [3.8, 4) is 11.1 Å². The first-order chi connectivity index (χ1) is 12.1. The number of thiophene rings is 1. The lowest BCUT2D eigenvalue weighted by Gasteiger charge is -2.21. The van der Waals surface area contributed by atoms with Gasteiger partial charge in [0.05, 0.1) is 6.61 Å². The highest BCUT2D eigenvalue weighted by Gasteiger charge is 2.25. The summed E-state index contributed by atoms with van der Waals surface area (Å²) in [6.07, 6.45) is 2.21. The van der Waals surface area contributed by atoms with Gasteiger partial charge < -0.3 is 10.5 Å². The molecule has 0 aliphatic heterocycles. The van der Waals surface area contributed by atoms with Crippen molar-refractivity contribution in [2.45, 2.75) is 40.2 Å². The molecule has 0 unspecified atom stereocenters. The van der Waals surface area contributed by atoms with Gasteiger partial charge in [-0.05, 0) is 38.4 Å². The third-order valence-corrected chi connectivity index (χ3v) is 5.00. The van der Waals surface area contributed by atoms with E-state index in [4.69, 9.17) is 10.5 Å². The van der Waals surface area contributed by atoms with E-state index in [-0.39, 0.29) is 5.97 Å². The van der Waals surface area contributed by atoms with E-state index in [0.717, 1.165) is 48.5 Å². The van der Waals surface area contributed by atoms with Crippen LogP contribution in [0.4, 0.5) is 5.00 Å². The largest absolute Gasteiger partial charge is 0.462 e. The minimum Gasteiger partial charge on any atom is -0.462 e. The van der Waals surface area contributed by atoms with Gasteiger partial charge in [0.15, 0.2) is 0 Å². The van der Waals surface area contributed by atoms with Crippen LogP contribution < -0.4 is 5.73 Å². The van der Waals surface area contributed by atoms with Gasteiger partial charge in [-0.1, -0.05) is 44.2 Å². The van der Waals surface area contributed by atoms with Gasteiger partial charge >= 0.3 is 5.97 Å². The Kier molecular flexibility index (Phi) is 7.47. The average molecular weight is 361 g/mol. The number of anilines is 1. The summed E-state index contributed by atoms with van der Waals surface area (Å²) in [5.74, 6) is -0.334. The lowest BCUT2D eigenvalue weighted by molar-refractivity contribution is 0.0529. The number of nitrogen functional groups attached to an aromatic ring is 1. The van der Waals surface area contributed by atoms with Crippen LogP contribution in [0.2, 0.25) is 0 Å². The van der Waals surface area contributed by atoms with Crippen LogP contribution >= 0.6 is 11.3 Å². The summed E-state index contributed by atoms with van der Waals surface area (Å²) >= 11 is 1.51. The molecular weight excluding hydrogens is 332 g/mol. The van der Waals surface area contributed by atoms with Crippen LogP contribution in [0.3, 0.4) is 0 Å². The second kappa shape index (κ2) is 9.59. The Hall–Kier alpha value is -1.85. The van der Waals surface area contributed by atoms with Crippen molar-refractivity contribution in [1.82, 2.24) is 4.90 Å². The van der Waals surface area contributed by atoms with Crippen molar-refractivity contribution >= 4 is 22.3 Å². The van der Waals surface area contributed by atoms with Crippen LogP contribution in [0.15, 0.2) is 30.3 Å². The Morgan fingerprint density at radius 1 is 1.12 bits per heavy atom. The van der Waals surface area contributed by atoms with Crippen LogP contribution in [0.25, 0.3) is 11.1 Å². The summed E-state index contributed by atoms with van der Waals surface area (Å²) in [6, 6.07) is 9.99. The summed E-state index contributed by atoms with van der Waals surface area (Å²) in [5, 5.41) is 0.542. The molecule has 1 heterocycles. The molecule has 2 aromatic rings. The molecule has 0 atom stereocenters. The molecule has 1 aromatic carbocycles. The van der Waals surface area contributed by atoms with Gasteiger partial charge in [0.25, 0.3) is 0 Å². The molecule has 4 nitrogen and oxygen atoms in total. The molecule has 136 valence electrons. The Morgan fingerprint density at radius 2 is 1.76 bits per heavy atom. The minimum absolute atomic E-state index is 0.334. The van der Waals surface area contributed by atoms with Crippen LogP contribution in [0.5, 0.6) is 0 Å². The zero-order valence-corrected chi connectivity index (χ0v) is 16.2. The number of hydrogen-bond acceptors (Lipinski definition) is 5. The highest BCUT2D eigenvalue weighted by molar-refractivity contribution is 7.17. The van der Waals surface area contributed by atoms with Gasteiger partial charge in [0.1, 0.15) is 10.6 Å². The van der Waals surface area contributed by atoms with Crippen molar-refractivity contribution in [2.75, 3.05) is 25.4 Å². The molecule has 5 heteroatoms. The fourth-order valence-corrected chi connectivity index (χ4v) is 4.15. The molecule has 0 saturated heterocycles. The normalized spacial score (nSPS) is 11.0. The van der Waals surface area contributed by atoms with E-state index in [1.165, 1.54) is 11.3 Å². The molecule has 1 aromatic heterocycles. The van der Waals surface area contributed by atoms with E-state index in [0.29, 0.717) is 17.2 Å². The highest BCUT2D eigenvalue weighted by atomic mass is 32.1. The number of hydrogen-bond donors (Lipinski definition) is 1. The number of rotatable bonds is 9. The molecule has 0 fully saturated rings. The molecule has 0 saturated carbocycles. The Balaban J connectivity index is 2.48. The predicted molar refractivity (Wildman–Crippen MR) is 106 cm³/mol. The average Bonchev–Trinajstić information content (AvgIpc) is 2.92. The topological polar surface area (TPSA) is 55.6 Å². The Labute approximate surface area is 154 Å². The summed E-state index contributed by atoms with van der Waals surface area (Å²) in [6.45, 7) is 9.41. The first-order valence-corrected chi connectivity index (χ1v) is 9.79. The van der Waals surface area contributed by atoms with E-state index >= 15 is 0 Å². The van der Waals surface area contributed by atoms with E-state index in [9.17, 15) is 4.79 Å². The summed E-state index contributed by atoms with van der Waals surface area (Å²) in [4.78, 5) is 16.1. The number of carbonyl (C=O) groups excluding carboxylic acids is 1. The summed E-state index contributed by atoms with van der Waals surface area (Å²) in [5.41, 5.74) is 8.69. The molecule has 0 aliphatic carbocycles. The maximum Gasteiger partial charge on any atom is 0.341 e. The number of benzene rings is 1. The van der Waals surface area contributed by atoms with Crippen molar-refractivity contribution in [3.05, 3.63) is 40.8 Å². The lowest BCUT2D eigenvalue weighted by atomic mass is 10.0. The lowest BCUT2D eigenvalue weighted by Crippen LogP contribution is -2.24. The number of carbonyl (C=O) groups is 1. The van der Waals surface area contributed by atoms with Gasteiger partial charge in [0, 0.05) is 17.0 Å². The molecule has 2 N–H and O–H groups in total. The van der Waals surface area contributed by atoms with Crippen molar-refractivity contribution < 1.29 is 9.53 Å². The van der Waals surface area contributed by atoms with E-state index in [1.54, 1.807) is 0 Å². The van der Waals surface area contributed by atoms with E-state index in [1.807, 2.05) is 37.3 Å². The fraction of sp³-hybridized carbons (Fsp3) is 0.450. The highest BCUT2D eigenvalue weighted by Crippen LogP contribution is 2.40. The second-order valence-corrected chi connectivity index (χ2v) is 7.14. The maximum absolute atomic E-state index is 12.5. The maximum atomic E-state index is 12.5. The van der Waals surface area contributed by atoms with Crippen LogP contribution in [-0.4, -0.2) is 30.6 Å². The van der Waals surface area contributed by atoms with Crippen LogP contribution in [0, 0.1) is 0 Å². The van der Waals surface area contributed by atoms with Gasteiger partial charge in [-0.15, -0.1) is 11.3 Å². The van der Waals surface area contributed by atoms with E-state index < -0.39 is 0 Å². The Bertz CT molecular complexity index is 677. The zero-order chi connectivity index (χ0) is 18.2. The molecule has 0 amide bonds. The summed E-state index contributed by atoms with van der Waals surface area (Å²) < 4.78 is 5.26. The summed E-state index contributed by atoms with van der Waals surface area (Å²) in [7, 11) is 0. The van der Waals surface area contributed by atoms with Crippen LogP contribution in [0.1, 0.15) is 48.8 Å². The first kappa shape index (κ1) is 19.5. The minimum atomic E-state index is -0.334. The quantitative estimate of drug-likeness (QED) is 0.653. The third kappa shape index (κ3) is 4.83. The fourth-order valence-electron chi connectivity index (χ4n) is 3.03. The monoisotopic (exact) mass is 360 g/mol. The molecule has 0 radical (unpaired) electrons. The number of esters is 1. The number of nitrogens with zero attached hydrogens (tertiary/aromatic N) is 1. The van der Waals surface area contributed by atoms with Crippen LogP contribution in [-0.2, 0) is 11.3 Å². The standard InChI is InChI=1S/C20H28N2O2S/c1-4-12-22(13-5-2)14-16-17(15-10-8-7-9-11-15)18(19(21)25-16)20(23)24-6-3/h7-11H,4-6,12-14,21H2,1-3H3. The van der Waals surface area contributed by atoms with Crippen molar-refractivity contribution in [2.24, 2.45) is 0 Å². The van der Waals surface area contributed by atoms with E-state index in [2.05, 4.69) is 18.7 Å². The molecule has 0 spiro atoms. The second-order valence-electron chi connectivity index (χ2n) is 6.00. The molecule has 0 bridgehead atoms. The van der Waals surface area contributed by atoms with Gasteiger partial charge in [-0.25, -0.2) is 4.79 Å². The third-order valence-electron chi connectivity index (χ3n) is 4.00. The van der Waals surface area contributed by atoms with Gasteiger partial charge in [-0.3, -0.25) is 4.90 Å². The SMILES string of the molecule is CCCN(CCC)Cc1sc(N)c(C(=O)OCC)c1-c1ccccc1. The predicted octanol–water partition coefficient (Wildman–Crippen LogP) is 4.80. The molecule has 2 rings (SSSR count).